The van der Waals surface area contributed by atoms with Crippen LogP contribution in [0.2, 0.25) is 0 Å². The van der Waals surface area contributed by atoms with Crippen LogP contribution in [0.25, 0.3) is 34.4 Å². The molecule has 1 saturated heterocycles. The summed E-state index contributed by atoms with van der Waals surface area (Å²) >= 11 is 0. The molecule has 3 heterocycles. The highest BCUT2D eigenvalue weighted by atomic mass is 16.5. The van der Waals surface area contributed by atoms with E-state index in [-0.39, 0.29) is 11.7 Å². The first-order valence-corrected chi connectivity index (χ1v) is 11.7. The van der Waals surface area contributed by atoms with Gasteiger partial charge in [0.05, 0.1) is 36.6 Å². The molecule has 5 rings (SSSR count). The number of carbonyl (C=O) groups excluding carboxylic acids is 1. The summed E-state index contributed by atoms with van der Waals surface area (Å²) in [6.45, 7) is 2.76. The molecular weight excluding hydrogens is 458 g/mol. The summed E-state index contributed by atoms with van der Waals surface area (Å²) in [6, 6.07) is 14.1. The van der Waals surface area contributed by atoms with Crippen molar-refractivity contribution in [1.82, 2.24) is 25.4 Å². The van der Waals surface area contributed by atoms with E-state index in [0.29, 0.717) is 52.6 Å². The number of pyridine rings is 1. The smallest absolute Gasteiger partial charge is 0.254 e. The van der Waals surface area contributed by atoms with Gasteiger partial charge in [-0.3, -0.25) is 9.89 Å². The molecule has 0 atom stereocenters. The maximum absolute atomic E-state index is 13.7. The van der Waals surface area contributed by atoms with Crippen LogP contribution in [0.3, 0.4) is 0 Å². The summed E-state index contributed by atoms with van der Waals surface area (Å²) < 4.78 is 10.8. The summed E-state index contributed by atoms with van der Waals surface area (Å²) in [6.07, 6.45) is 3.77. The third-order valence-corrected chi connectivity index (χ3v) is 6.22. The van der Waals surface area contributed by atoms with E-state index in [1.165, 1.54) is 0 Å². The molecule has 0 bridgehead atoms. The van der Waals surface area contributed by atoms with Gasteiger partial charge in [-0.2, -0.15) is 5.10 Å². The van der Waals surface area contributed by atoms with Crippen LogP contribution in [0.4, 0.5) is 0 Å². The predicted octanol–water partition coefficient (Wildman–Crippen LogP) is 3.56. The van der Waals surface area contributed by atoms with Crippen LogP contribution < -0.4 is 14.8 Å². The van der Waals surface area contributed by atoms with Gasteiger partial charge < -0.3 is 24.8 Å². The molecule has 0 unspecified atom stereocenters. The van der Waals surface area contributed by atoms with Crippen molar-refractivity contribution in [2.75, 3.05) is 40.4 Å². The zero-order valence-corrected chi connectivity index (χ0v) is 20.1. The second-order valence-corrected chi connectivity index (χ2v) is 8.42. The van der Waals surface area contributed by atoms with Gasteiger partial charge in [0.15, 0.2) is 5.65 Å². The molecule has 0 spiro atoms. The minimum atomic E-state index is -0.0676. The van der Waals surface area contributed by atoms with Crippen molar-refractivity contribution < 1.29 is 19.4 Å². The van der Waals surface area contributed by atoms with Crippen molar-refractivity contribution in [3.05, 3.63) is 65.4 Å². The minimum absolute atomic E-state index is 0.0676. The zero-order chi connectivity index (χ0) is 25.1. The molecule has 4 aromatic rings. The fourth-order valence-corrected chi connectivity index (χ4v) is 4.28. The lowest BCUT2D eigenvalue weighted by molar-refractivity contribution is 0.0737. The van der Waals surface area contributed by atoms with Crippen LogP contribution in [-0.4, -0.2) is 71.5 Å². The standard InChI is InChI=1S/C27H27N5O4/c1-35-20-9-5-18(24(15-20)36-2)6-10-22-25-21(27(34)32-13-11-28-12-14-32)16-23(29-26(25)31-30-22)17-3-7-19(33)8-4-17/h3-10,15-16,28,33H,11-14H2,1-2H3,(H,29,30,31). The Balaban J connectivity index is 1.60. The van der Waals surface area contributed by atoms with Crippen LogP contribution in [0.15, 0.2) is 48.5 Å². The van der Waals surface area contributed by atoms with E-state index in [9.17, 15) is 9.90 Å². The molecule has 0 saturated carbocycles. The Morgan fingerprint density at radius 3 is 2.53 bits per heavy atom. The largest absolute Gasteiger partial charge is 0.508 e. The van der Waals surface area contributed by atoms with Gasteiger partial charge in [0, 0.05) is 43.4 Å². The van der Waals surface area contributed by atoms with E-state index in [1.807, 2.05) is 35.3 Å². The summed E-state index contributed by atoms with van der Waals surface area (Å²) in [5.41, 5.74) is 3.89. The van der Waals surface area contributed by atoms with E-state index in [0.717, 1.165) is 24.2 Å². The van der Waals surface area contributed by atoms with Crippen molar-refractivity contribution >= 4 is 29.1 Å². The van der Waals surface area contributed by atoms with Gasteiger partial charge in [0.25, 0.3) is 5.91 Å². The molecule has 9 heteroatoms. The molecule has 36 heavy (non-hydrogen) atoms. The van der Waals surface area contributed by atoms with Crippen LogP contribution >= 0.6 is 0 Å². The molecule has 9 nitrogen and oxygen atoms in total. The summed E-state index contributed by atoms with van der Waals surface area (Å²) in [7, 11) is 3.22. The number of phenolic OH excluding ortho intramolecular Hbond substituents is 1. The van der Waals surface area contributed by atoms with Crippen molar-refractivity contribution in [3.8, 4) is 28.5 Å². The topological polar surface area (TPSA) is 113 Å². The number of amides is 1. The Bertz CT molecular complexity index is 1420. The molecule has 0 radical (unpaired) electrons. The highest BCUT2D eigenvalue weighted by Crippen LogP contribution is 2.30. The number of aromatic hydroxyl groups is 1. The van der Waals surface area contributed by atoms with E-state index in [1.54, 1.807) is 44.6 Å². The molecule has 0 aliphatic carbocycles. The lowest BCUT2D eigenvalue weighted by Gasteiger charge is -2.27. The summed E-state index contributed by atoms with van der Waals surface area (Å²) in [5.74, 6) is 1.46. The molecule has 2 aromatic heterocycles. The number of carbonyl (C=O) groups is 1. The molecule has 1 fully saturated rings. The summed E-state index contributed by atoms with van der Waals surface area (Å²) in [4.78, 5) is 20.2. The van der Waals surface area contributed by atoms with Gasteiger partial charge in [-0.1, -0.05) is 0 Å². The number of rotatable bonds is 6. The molecule has 1 aliphatic rings. The fourth-order valence-electron chi connectivity index (χ4n) is 4.28. The van der Waals surface area contributed by atoms with Crippen molar-refractivity contribution in [2.45, 2.75) is 0 Å². The lowest BCUT2D eigenvalue weighted by Crippen LogP contribution is -2.46. The van der Waals surface area contributed by atoms with E-state index < -0.39 is 0 Å². The highest BCUT2D eigenvalue weighted by molar-refractivity contribution is 6.09. The van der Waals surface area contributed by atoms with Gasteiger partial charge in [-0.25, -0.2) is 4.98 Å². The van der Waals surface area contributed by atoms with Crippen LogP contribution in [0.5, 0.6) is 17.2 Å². The minimum Gasteiger partial charge on any atom is -0.508 e. The lowest BCUT2D eigenvalue weighted by atomic mass is 10.0. The number of nitrogens with one attached hydrogen (secondary N) is 2. The first-order chi connectivity index (χ1) is 17.6. The number of benzene rings is 2. The Hall–Kier alpha value is -4.37. The van der Waals surface area contributed by atoms with Crippen LogP contribution in [0, 0.1) is 0 Å². The quantitative estimate of drug-likeness (QED) is 0.383. The number of ether oxygens (including phenoxy) is 2. The number of aromatic nitrogens is 3. The number of hydrogen-bond acceptors (Lipinski definition) is 7. The Kier molecular flexibility index (Phi) is 6.55. The Labute approximate surface area is 208 Å². The number of phenols is 1. The fraction of sp³-hybridized carbons (Fsp3) is 0.222. The van der Waals surface area contributed by atoms with E-state index in [2.05, 4.69) is 15.5 Å². The van der Waals surface area contributed by atoms with Crippen molar-refractivity contribution in [1.29, 1.82) is 0 Å². The van der Waals surface area contributed by atoms with Crippen molar-refractivity contribution in [3.63, 3.8) is 0 Å². The third-order valence-electron chi connectivity index (χ3n) is 6.22. The van der Waals surface area contributed by atoms with Gasteiger partial charge in [-0.15, -0.1) is 0 Å². The first kappa shape index (κ1) is 23.4. The molecule has 184 valence electrons. The molecule has 2 aromatic carbocycles. The predicted molar refractivity (Wildman–Crippen MR) is 138 cm³/mol. The highest BCUT2D eigenvalue weighted by Gasteiger charge is 2.24. The monoisotopic (exact) mass is 485 g/mol. The van der Waals surface area contributed by atoms with Gasteiger partial charge in [-0.05, 0) is 54.6 Å². The van der Waals surface area contributed by atoms with Crippen LogP contribution in [0.1, 0.15) is 21.6 Å². The third kappa shape index (κ3) is 4.60. The maximum atomic E-state index is 13.7. The zero-order valence-electron chi connectivity index (χ0n) is 20.1. The number of H-pyrrole nitrogens is 1. The average molecular weight is 486 g/mol. The van der Waals surface area contributed by atoms with Crippen LogP contribution in [-0.2, 0) is 0 Å². The molecule has 1 aliphatic heterocycles. The second kappa shape index (κ2) is 10.1. The number of hydrogen-bond donors (Lipinski definition) is 3. The number of fused-ring (bicyclic) bond motifs is 1. The molecule has 1 amide bonds. The summed E-state index contributed by atoms with van der Waals surface area (Å²) in [5, 5.41) is 21.1. The number of methoxy groups -OCH3 is 2. The Morgan fingerprint density at radius 1 is 1.03 bits per heavy atom. The molecule has 3 N–H and O–H groups in total. The van der Waals surface area contributed by atoms with Gasteiger partial charge >= 0.3 is 0 Å². The maximum Gasteiger partial charge on any atom is 0.254 e. The number of nitrogens with zero attached hydrogens (tertiary/aromatic N) is 3. The number of aromatic amines is 1. The van der Waals surface area contributed by atoms with Gasteiger partial charge in [0.1, 0.15) is 17.2 Å². The second-order valence-electron chi connectivity index (χ2n) is 8.42. The molecular formula is C27H27N5O4. The van der Waals surface area contributed by atoms with Gasteiger partial charge in [0.2, 0.25) is 0 Å². The average Bonchev–Trinajstić information content (AvgIpc) is 3.34. The SMILES string of the molecule is COc1ccc(C=Cc2[nH]nc3nc(-c4ccc(O)cc4)cc(C(=O)N4CCNCC4)c23)c(OC)c1. The number of piperazine rings is 1. The van der Waals surface area contributed by atoms with E-state index in [4.69, 9.17) is 14.5 Å². The first-order valence-electron chi connectivity index (χ1n) is 11.7. The Morgan fingerprint density at radius 2 is 1.81 bits per heavy atom. The van der Waals surface area contributed by atoms with Crippen molar-refractivity contribution in [2.24, 2.45) is 0 Å². The van der Waals surface area contributed by atoms with E-state index >= 15 is 0 Å². The normalized spacial score (nSPS) is 13.9.